The van der Waals surface area contributed by atoms with Crippen LogP contribution in [0.5, 0.6) is 0 Å². The molecule has 0 spiro atoms. The Morgan fingerprint density at radius 3 is 2.53 bits per heavy atom. The van der Waals surface area contributed by atoms with Crippen LogP contribution in [0.25, 0.3) is 0 Å². The summed E-state index contributed by atoms with van der Waals surface area (Å²) >= 11 is 0. The van der Waals surface area contributed by atoms with E-state index in [0.29, 0.717) is 12.5 Å². The molecule has 0 aromatic carbocycles. The lowest BCUT2D eigenvalue weighted by molar-refractivity contribution is -0.144. The highest BCUT2D eigenvalue weighted by molar-refractivity contribution is 5.76. The minimum Gasteiger partial charge on any atom is -0.468 e. The van der Waals surface area contributed by atoms with Crippen molar-refractivity contribution in [2.75, 3.05) is 20.8 Å². The Morgan fingerprint density at radius 1 is 1.47 bits per heavy atom. The maximum atomic E-state index is 11.5. The first-order valence-electron chi connectivity index (χ1n) is 5.55. The molecule has 0 aliphatic heterocycles. The zero-order valence-electron chi connectivity index (χ0n) is 9.79. The number of methoxy groups -OCH3 is 2. The van der Waals surface area contributed by atoms with Crippen molar-refractivity contribution in [2.24, 2.45) is 5.92 Å². The zero-order valence-corrected chi connectivity index (χ0v) is 9.79. The van der Waals surface area contributed by atoms with Gasteiger partial charge in [0.2, 0.25) is 0 Å². The van der Waals surface area contributed by atoms with Gasteiger partial charge in [-0.25, -0.2) is 0 Å². The Kier molecular flexibility index (Phi) is 5.05. The van der Waals surface area contributed by atoms with Crippen molar-refractivity contribution < 1.29 is 14.3 Å². The van der Waals surface area contributed by atoms with E-state index >= 15 is 0 Å². The Labute approximate surface area is 91.3 Å². The van der Waals surface area contributed by atoms with Crippen LogP contribution in [0.3, 0.4) is 0 Å². The number of ether oxygens (including phenoxy) is 2. The Bertz CT molecular complexity index is 204. The van der Waals surface area contributed by atoms with Crippen LogP contribution in [-0.2, 0) is 14.3 Å². The zero-order chi connectivity index (χ0) is 11.3. The lowest BCUT2D eigenvalue weighted by Crippen LogP contribution is -2.46. The minimum absolute atomic E-state index is 0.143. The summed E-state index contributed by atoms with van der Waals surface area (Å²) in [5.41, 5.74) is 0. The molecule has 1 aliphatic carbocycles. The van der Waals surface area contributed by atoms with Gasteiger partial charge in [-0.05, 0) is 25.2 Å². The molecule has 0 saturated heterocycles. The quantitative estimate of drug-likeness (QED) is 0.642. The molecule has 0 aromatic rings. The van der Waals surface area contributed by atoms with Gasteiger partial charge in [0, 0.05) is 13.2 Å². The highest BCUT2D eigenvalue weighted by Gasteiger charge is 2.37. The lowest BCUT2D eigenvalue weighted by Gasteiger charge is -2.22. The molecule has 0 bridgehead atoms. The Morgan fingerprint density at radius 2 is 2.13 bits per heavy atom. The van der Waals surface area contributed by atoms with Crippen LogP contribution < -0.4 is 5.32 Å². The summed E-state index contributed by atoms with van der Waals surface area (Å²) in [6.07, 6.45) is 3.19. The van der Waals surface area contributed by atoms with Crippen LogP contribution >= 0.6 is 0 Å². The predicted molar refractivity (Wildman–Crippen MR) is 57.6 cm³/mol. The van der Waals surface area contributed by atoms with Gasteiger partial charge in [-0.3, -0.25) is 10.1 Å². The molecule has 0 heterocycles. The van der Waals surface area contributed by atoms with Gasteiger partial charge in [0.1, 0.15) is 6.04 Å². The molecule has 1 fully saturated rings. The van der Waals surface area contributed by atoms with Gasteiger partial charge < -0.3 is 9.47 Å². The van der Waals surface area contributed by atoms with Crippen LogP contribution in [0.1, 0.15) is 26.2 Å². The SMILES string of the molecule is CCC(COC)NC(C(=O)OC)C1CC1. The molecule has 4 heteroatoms. The van der Waals surface area contributed by atoms with E-state index in [-0.39, 0.29) is 18.1 Å². The number of nitrogens with one attached hydrogen (secondary N) is 1. The van der Waals surface area contributed by atoms with Crippen molar-refractivity contribution in [2.45, 2.75) is 38.3 Å². The number of esters is 1. The number of carbonyl (C=O) groups is 1. The number of hydrogen-bond acceptors (Lipinski definition) is 4. The molecule has 4 nitrogen and oxygen atoms in total. The fourth-order valence-corrected chi connectivity index (χ4v) is 1.69. The van der Waals surface area contributed by atoms with Gasteiger partial charge in [0.05, 0.1) is 13.7 Å². The maximum absolute atomic E-state index is 11.5. The molecule has 15 heavy (non-hydrogen) atoms. The average Bonchev–Trinajstić information content (AvgIpc) is 3.07. The highest BCUT2D eigenvalue weighted by atomic mass is 16.5. The first-order valence-corrected chi connectivity index (χ1v) is 5.55. The van der Waals surface area contributed by atoms with E-state index in [4.69, 9.17) is 9.47 Å². The van der Waals surface area contributed by atoms with Gasteiger partial charge in [0.25, 0.3) is 0 Å². The molecule has 0 radical (unpaired) electrons. The molecule has 2 unspecified atom stereocenters. The summed E-state index contributed by atoms with van der Waals surface area (Å²) in [5.74, 6) is 0.315. The van der Waals surface area contributed by atoms with Crippen molar-refractivity contribution in [3.05, 3.63) is 0 Å². The highest BCUT2D eigenvalue weighted by Crippen LogP contribution is 2.33. The van der Waals surface area contributed by atoms with E-state index in [9.17, 15) is 4.79 Å². The van der Waals surface area contributed by atoms with Crippen molar-refractivity contribution in [3.63, 3.8) is 0 Å². The van der Waals surface area contributed by atoms with E-state index in [0.717, 1.165) is 19.3 Å². The summed E-state index contributed by atoms with van der Waals surface area (Å²) in [6, 6.07) is 0.0924. The topological polar surface area (TPSA) is 47.6 Å². The Hall–Kier alpha value is -0.610. The van der Waals surface area contributed by atoms with Crippen LogP contribution in [0.4, 0.5) is 0 Å². The standard InChI is InChI=1S/C11H21NO3/c1-4-9(7-14-2)12-10(8-5-6-8)11(13)15-3/h8-10,12H,4-7H2,1-3H3. The predicted octanol–water partition coefficient (Wildman–Crippen LogP) is 0.953. The molecular weight excluding hydrogens is 194 g/mol. The monoisotopic (exact) mass is 215 g/mol. The van der Waals surface area contributed by atoms with Gasteiger partial charge in [-0.1, -0.05) is 6.92 Å². The number of carbonyl (C=O) groups excluding carboxylic acids is 1. The molecular formula is C11H21NO3. The first-order chi connectivity index (χ1) is 7.22. The van der Waals surface area contributed by atoms with Crippen molar-refractivity contribution >= 4 is 5.97 Å². The third kappa shape index (κ3) is 3.80. The molecule has 1 saturated carbocycles. The summed E-state index contributed by atoms with van der Waals surface area (Å²) in [6.45, 7) is 2.72. The normalized spacial score (nSPS) is 19.7. The van der Waals surface area contributed by atoms with E-state index in [2.05, 4.69) is 12.2 Å². The number of hydrogen-bond donors (Lipinski definition) is 1. The molecule has 2 atom stereocenters. The molecule has 1 N–H and O–H groups in total. The van der Waals surface area contributed by atoms with E-state index in [1.54, 1.807) is 7.11 Å². The smallest absolute Gasteiger partial charge is 0.323 e. The van der Waals surface area contributed by atoms with E-state index < -0.39 is 0 Å². The number of rotatable bonds is 7. The molecule has 0 amide bonds. The molecule has 88 valence electrons. The van der Waals surface area contributed by atoms with Gasteiger partial charge >= 0.3 is 5.97 Å². The van der Waals surface area contributed by atoms with Crippen LogP contribution in [0, 0.1) is 5.92 Å². The fraction of sp³-hybridized carbons (Fsp3) is 0.909. The average molecular weight is 215 g/mol. The summed E-state index contributed by atoms with van der Waals surface area (Å²) in [7, 11) is 3.12. The van der Waals surface area contributed by atoms with Crippen LogP contribution in [0.2, 0.25) is 0 Å². The second kappa shape index (κ2) is 6.08. The largest absolute Gasteiger partial charge is 0.468 e. The summed E-state index contributed by atoms with van der Waals surface area (Å²) < 4.78 is 9.89. The Balaban J connectivity index is 2.45. The molecule has 1 aliphatic rings. The van der Waals surface area contributed by atoms with E-state index in [1.165, 1.54) is 7.11 Å². The third-order valence-electron chi connectivity index (χ3n) is 2.82. The summed E-state index contributed by atoms with van der Waals surface area (Å²) in [5, 5.41) is 3.32. The minimum atomic E-state index is -0.146. The second-order valence-electron chi connectivity index (χ2n) is 4.07. The van der Waals surface area contributed by atoms with E-state index in [1.807, 2.05) is 0 Å². The second-order valence-corrected chi connectivity index (χ2v) is 4.07. The molecule has 0 aromatic heterocycles. The maximum Gasteiger partial charge on any atom is 0.323 e. The fourth-order valence-electron chi connectivity index (χ4n) is 1.69. The first kappa shape index (κ1) is 12.5. The molecule has 1 rings (SSSR count). The van der Waals surface area contributed by atoms with Crippen molar-refractivity contribution in [1.82, 2.24) is 5.32 Å². The third-order valence-corrected chi connectivity index (χ3v) is 2.82. The summed E-state index contributed by atoms with van der Waals surface area (Å²) in [4.78, 5) is 11.5. The van der Waals surface area contributed by atoms with Gasteiger partial charge in [0.15, 0.2) is 0 Å². The van der Waals surface area contributed by atoms with Crippen LogP contribution in [-0.4, -0.2) is 38.9 Å². The van der Waals surface area contributed by atoms with Crippen molar-refractivity contribution in [3.8, 4) is 0 Å². The van der Waals surface area contributed by atoms with Crippen LogP contribution in [0.15, 0.2) is 0 Å². The van der Waals surface area contributed by atoms with Crippen molar-refractivity contribution in [1.29, 1.82) is 0 Å². The lowest BCUT2D eigenvalue weighted by atomic mass is 10.1. The van der Waals surface area contributed by atoms with Gasteiger partial charge in [-0.2, -0.15) is 0 Å². The van der Waals surface area contributed by atoms with Gasteiger partial charge in [-0.15, -0.1) is 0 Å².